The summed E-state index contributed by atoms with van der Waals surface area (Å²) in [4.78, 5) is 35.5. The van der Waals surface area contributed by atoms with Gasteiger partial charge in [-0.3, -0.25) is 14.4 Å². The average Bonchev–Trinajstić information content (AvgIpc) is 2.67. The first-order valence-corrected chi connectivity index (χ1v) is 5.90. The van der Waals surface area contributed by atoms with E-state index in [1.807, 2.05) is 12.1 Å². The third-order valence-electron chi connectivity index (χ3n) is 3.19. The summed E-state index contributed by atoms with van der Waals surface area (Å²) in [5, 5.41) is 8.67. The molecule has 1 aromatic rings. The van der Waals surface area contributed by atoms with Gasteiger partial charge in [0.2, 0.25) is 5.91 Å². The summed E-state index contributed by atoms with van der Waals surface area (Å²) in [6, 6.07) is 6.18. The first kappa shape index (κ1) is 13.1. The van der Waals surface area contributed by atoms with E-state index in [0.717, 1.165) is 5.56 Å². The normalized spacial score (nSPS) is 15.2. The number of hydrogen-bond donors (Lipinski definition) is 2. The third kappa shape index (κ3) is 2.57. The van der Waals surface area contributed by atoms with Gasteiger partial charge in [0, 0.05) is 18.5 Å². The van der Waals surface area contributed by atoms with E-state index in [0.29, 0.717) is 12.1 Å². The smallest absolute Gasteiger partial charge is 0.303 e. The SMILES string of the molecule is NC(=O)C(CCC(=O)O)N1Cc2ccccc2C1=O. The maximum absolute atomic E-state index is 12.2. The van der Waals surface area contributed by atoms with Crippen molar-refractivity contribution in [2.45, 2.75) is 25.4 Å². The van der Waals surface area contributed by atoms with Crippen LogP contribution in [0.25, 0.3) is 0 Å². The summed E-state index contributed by atoms with van der Waals surface area (Å²) in [6.07, 6.45) is -0.169. The Balaban J connectivity index is 2.19. The van der Waals surface area contributed by atoms with Crippen LogP contribution in [0.1, 0.15) is 28.8 Å². The van der Waals surface area contributed by atoms with Crippen LogP contribution in [0.2, 0.25) is 0 Å². The number of fused-ring (bicyclic) bond motifs is 1. The molecule has 1 aromatic carbocycles. The predicted molar refractivity (Wildman–Crippen MR) is 66.2 cm³/mol. The van der Waals surface area contributed by atoms with E-state index in [1.165, 1.54) is 4.90 Å². The summed E-state index contributed by atoms with van der Waals surface area (Å²) >= 11 is 0. The summed E-state index contributed by atoms with van der Waals surface area (Å²) in [6.45, 7) is 0.294. The zero-order chi connectivity index (χ0) is 14.0. The van der Waals surface area contributed by atoms with Crippen LogP contribution in [0, 0.1) is 0 Å². The fourth-order valence-corrected chi connectivity index (χ4v) is 2.24. The zero-order valence-electron chi connectivity index (χ0n) is 10.2. The highest BCUT2D eigenvalue weighted by Crippen LogP contribution is 2.25. The van der Waals surface area contributed by atoms with Crippen molar-refractivity contribution in [3.8, 4) is 0 Å². The molecular formula is C13H14N2O4. The Kier molecular flexibility index (Phi) is 3.50. The van der Waals surface area contributed by atoms with Gasteiger partial charge in [-0.25, -0.2) is 0 Å². The van der Waals surface area contributed by atoms with Crippen molar-refractivity contribution in [2.24, 2.45) is 5.73 Å². The number of carboxylic acids is 1. The fourth-order valence-electron chi connectivity index (χ4n) is 2.24. The van der Waals surface area contributed by atoms with Crippen molar-refractivity contribution >= 4 is 17.8 Å². The Labute approximate surface area is 109 Å². The van der Waals surface area contributed by atoms with E-state index in [9.17, 15) is 14.4 Å². The largest absolute Gasteiger partial charge is 0.481 e. The van der Waals surface area contributed by atoms with Gasteiger partial charge < -0.3 is 15.7 Å². The Morgan fingerprint density at radius 1 is 1.37 bits per heavy atom. The molecule has 19 heavy (non-hydrogen) atoms. The molecule has 1 heterocycles. The lowest BCUT2D eigenvalue weighted by Crippen LogP contribution is -2.45. The number of hydrogen-bond acceptors (Lipinski definition) is 3. The Morgan fingerprint density at radius 2 is 2.05 bits per heavy atom. The molecular weight excluding hydrogens is 248 g/mol. The van der Waals surface area contributed by atoms with Gasteiger partial charge in [-0.2, -0.15) is 0 Å². The second-order valence-electron chi connectivity index (χ2n) is 4.44. The average molecular weight is 262 g/mol. The van der Waals surface area contributed by atoms with Crippen LogP contribution in [0.4, 0.5) is 0 Å². The maximum Gasteiger partial charge on any atom is 0.303 e. The molecule has 3 N–H and O–H groups in total. The number of benzene rings is 1. The van der Waals surface area contributed by atoms with Crippen LogP contribution in [-0.2, 0) is 16.1 Å². The van der Waals surface area contributed by atoms with E-state index in [4.69, 9.17) is 10.8 Å². The van der Waals surface area contributed by atoms with Crippen LogP contribution in [0.3, 0.4) is 0 Å². The number of nitrogens with two attached hydrogens (primary N) is 1. The van der Waals surface area contributed by atoms with Gasteiger partial charge in [0.05, 0.1) is 0 Å². The monoisotopic (exact) mass is 262 g/mol. The number of amides is 2. The highest BCUT2D eigenvalue weighted by molar-refractivity contribution is 6.00. The first-order valence-electron chi connectivity index (χ1n) is 5.90. The van der Waals surface area contributed by atoms with Crippen molar-refractivity contribution in [1.29, 1.82) is 0 Å². The molecule has 1 unspecified atom stereocenters. The molecule has 0 aromatic heterocycles. The summed E-state index contributed by atoms with van der Waals surface area (Å²) in [5.41, 5.74) is 6.65. The van der Waals surface area contributed by atoms with Crippen molar-refractivity contribution in [2.75, 3.05) is 0 Å². The molecule has 0 radical (unpaired) electrons. The number of aliphatic carboxylic acids is 1. The molecule has 0 fully saturated rings. The van der Waals surface area contributed by atoms with Gasteiger partial charge in [-0.05, 0) is 18.1 Å². The molecule has 1 aliphatic rings. The van der Waals surface area contributed by atoms with E-state index in [2.05, 4.69) is 0 Å². The number of primary amides is 1. The predicted octanol–water partition coefficient (Wildman–Crippen LogP) is 0.361. The van der Waals surface area contributed by atoms with Crippen LogP contribution >= 0.6 is 0 Å². The van der Waals surface area contributed by atoms with Gasteiger partial charge in [-0.15, -0.1) is 0 Å². The Morgan fingerprint density at radius 3 is 2.63 bits per heavy atom. The Hall–Kier alpha value is -2.37. The quantitative estimate of drug-likeness (QED) is 0.800. The molecule has 0 saturated carbocycles. The zero-order valence-corrected chi connectivity index (χ0v) is 10.2. The summed E-state index contributed by atoms with van der Waals surface area (Å²) < 4.78 is 0. The molecule has 0 saturated heterocycles. The second-order valence-corrected chi connectivity index (χ2v) is 4.44. The van der Waals surface area contributed by atoms with E-state index >= 15 is 0 Å². The van der Waals surface area contributed by atoms with E-state index in [1.54, 1.807) is 12.1 Å². The minimum Gasteiger partial charge on any atom is -0.481 e. The standard InChI is InChI=1S/C13H14N2O4/c14-12(18)10(5-6-11(16)17)15-7-8-3-1-2-4-9(8)13(15)19/h1-4,10H,5-7H2,(H2,14,18)(H,16,17). The van der Waals surface area contributed by atoms with E-state index < -0.39 is 17.9 Å². The van der Waals surface area contributed by atoms with Crippen molar-refractivity contribution in [3.05, 3.63) is 35.4 Å². The number of carbonyl (C=O) groups is 3. The van der Waals surface area contributed by atoms with Gasteiger partial charge in [0.1, 0.15) is 6.04 Å². The maximum atomic E-state index is 12.2. The fraction of sp³-hybridized carbons (Fsp3) is 0.308. The molecule has 1 atom stereocenters. The minimum atomic E-state index is -1.02. The molecule has 6 nitrogen and oxygen atoms in total. The summed E-state index contributed by atoms with van der Waals surface area (Å²) in [7, 11) is 0. The van der Waals surface area contributed by atoms with Crippen LogP contribution in [-0.4, -0.2) is 33.8 Å². The molecule has 0 spiro atoms. The lowest BCUT2D eigenvalue weighted by molar-refractivity contribution is -0.137. The highest BCUT2D eigenvalue weighted by Gasteiger charge is 2.35. The van der Waals surface area contributed by atoms with Gasteiger partial charge >= 0.3 is 5.97 Å². The molecule has 2 rings (SSSR count). The lowest BCUT2D eigenvalue weighted by Gasteiger charge is -2.24. The molecule has 6 heteroatoms. The molecule has 2 amide bonds. The van der Waals surface area contributed by atoms with Crippen LogP contribution in [0.5, 0.6) is 0 Å². The topological polar surface area (TPSA) is 101 Å². The lowest BCUT2D eigenvalue weighted by atomic mass is 10.1. The molecule has 0 bridgehead atoms. The number of carbonyl (C=O) groups excluding carboxylic acids is 2. The van der Waals surface area contributed by atoms with Gasteiger partial charge in [0.25, 0.3) is 5.91 Å². The van der Waals surface area contributed by atoms with Crippen LogP contribution < -0.4 is 5.73 Å². The van der Waals surface area contributed by atoms with Crippen molar-refractivity contribution < 1.29 is 19.5 Å². The number of carboxylic acid groups (broad SMARTS) is 1. The summed E-state index contributed by atoms with van der Waals surface area (Å²) in [5.74, 6) is -1.97. The van der Waals surface area contributed by atoms with Crippen molar-refractivity contribution in [3.63, 3.8) is 0 Å². The Bertz CT molecular complexity index is 541. The van der Waals surface area contributed by atoms with E-state index in [-0.39, 0.29) is 18.7 Å². The minimum absolute atomic E-state index is 0.0321. The number of nitrogens with zero attached hydrogens (tertiary/aromatic N) is 1. The highest BCUT2D eigenvalue weighted by atomic mass is 16.4. The van der Waals surface area contributed by atoms with Gasteiger partial charge in [-0.1, -0.05) is 18.2 Å². The first-order chi connectivity index (χ1) is 9.00. The number of rotatable bonds is 5. The van der Waals surface area contributed by atoms with Gasteiger partial charge in [0.15, 0.2) is 0 Å². The molecule has 100 valence electrons. The third-order valence-corrected chi connectivity index (χ3v) is 3.19. The second kappa shape index (κ2) is 5.09. The van der Waals surface area contributed by atoms with Crippen molar-refractivity contribution in [1.82, 2.24) is 4.90 Å². The van der Waals surface area contributed by atoms with Crippen LogP contribution in [0.15, 0.2) is 24.3 Å². The molecule has 0 aliphatic carbocycles. The molecule has 1 aliphatic heterocycles.